The van der Waals surface area contributed by atoms with Crippen LogP contribution in [0.3, 0.4) is 0 Å². The maximum Gasteiger partial charge on any atom is 0.142 e. The Morgan fingerprint density at radius 1 is 0.577 bits per heavy atom. The van der Waals surface area contributed by atoms with E-state index in [-0.39, 0.29) is 5.35 Å². The normalized spacial score (nSPS) is 13.4. The Balaban J connectivity index is 2.20. The summed E-state index contributed by atoms with van der Waals surface area (Å²) < 4.78 is 6.37. The van der Waals surface area contributed by atoms with E-state index in [0.717, 1.165) is 0 Å². The molecular formula is C23H28OSi2. The zero-order valence-corrected chi connectivity index (χ0v) is 18.1. The first-order valence-corrected chi connectivity index (χ1v) is 14.9. The number of ether oxygens (including phenoxy) is 1. The molecule has 0 spiro atoms. The third-order valence-corrected chi connectivity index (χ3v) is 17.3. The standard InChI is InChI=1S/C23H28OSi2/c1-24-23(25(2,3)20-14-8-5-9-15-20)26(4,21-16-10-6-11-17-21)22-18-12-7-13-19-22/h5-19,23H,1-4H3. The van der Waals surface area contributed by atoms with Crippen molar-refractivity contribution in [3.8, 4) is 0 Å². The van der Waals surface area contributed by atoms with Crippen molar-refractivity contribution in [1.82, 2.24) is 0 Å². The van der Waals surface area contributed by atoms with Crippen molar-refractivity contribution in [2.24, 2.45) is 0 Å². The molecule has 1 unspecified atom stereocenters. The van der Waals surface area contributed by atoms with E-state index in [0.29, 0.717) is 0 Å². The predicted molar refractivity (Wildman–Crippen MR) is 118 cm³/mol. The van der Waals surface area contributed by atoms with Crippen LogP contribution >= 0.6 is 0 Å². The lowest BCUT2D eigenvalue weighted by Gasteiger charge is -2.44. The lowest BCUT2D eigenvalue weighted by atomic mass is 10.4. The van der Waals surface area contributed by atoms with Gasteiger partial charge in [-0.1, -0.05) is 126 Å². The average molecular weight is 377 g/mol. The first-order valence-electron chi connectivity index (χ1n) is 9.20. The highest BCUT2D eigenvalue weighted by atomic mass is 28.4. The van der Waals surface area contributed by atoms with Gasteiger partial charge < -0.3 is 4.74 Å². The van der Waals surface area contributed by atoms with Gasteiger partial charge in [-0.3, -0.25) is 0 Å². The minimum atomic E-state index is -2.11. The average Bonchev–Trinajstić information content (AvgIpc) is 2.70. The molecule has 0 aliphatic rings. The molecule has 3 aromatic carbocycles. The first kappa shape index (κ1) is 18.8. The highest BCUT2D eigenvalue weighted by Crippen LogP contribution is 2.23. The molecule has 0 saturated carbocycles. The summed E-state index contributed by atoms with van der Waals surface area (Å²) in [7, 11) is -2.08. The molecule has 134 valence electrons. The van der Waals surface area contributed by atoms with Gasteiger partial charge in [-0.05, 0) is 0 Å². The molecule has 0 aliphatic heterocycles. The molecule has 0 aromatic heterocycles. The van der Waals surface area contributed by atoms with Gasteiger partial charge in [0.15, 0.2) is 0 Å². The number of rotatable bonds is 6. The van der Waals surface area contributed by atoms with E-state index in [1.165, 1.54) is 15.6 Å². The maximum atomic E-state index is 6.37. The zero-order chi connectivity index (χ0) is 18.6. The topological polar surface area (TPSA) is 9.23 Å². The van der Waals surface area contributed by atoms with E-state index >= 15 is 0 Å². The van der Waals surface area contributed by atoms with Gasteiger partial charge in [-0.2, -0.15) is 0 Å². The van der Waals surface area contributed by atoms with E-state index in [9.17, 15) is 0 Å². The Kier molecular flexibility index (Phi) is 5.61. The molecule has 0 radical (unpaired) electrons. The summed E-state index contributed by atoms with van der Waals surface area (Å²) >= 11 is 0. The van der Waals surface area contributed by atoms with Gasteiger partial charge in [-0.15, -0.1) is 0 Å². The summed E-state index contributed by atoms with van der Waals surface area (Å²) in [5.74, 6) is 0. The Morgan fingerprint density at radius 3 is 1.27 bits per heavy atom. The molecule has 0 heterocycles. The van der Waals surface area contributed by atoms with Crippen LogP contribution in [0.15, 0.2) is 91.0 Å². The predicted octanol–water partition coefficient (Wildman–Crippen LogP) is 3.59. The highest BCUT2D eigenvalue weighted by molar-refractivity contribution is 7.13. The van der Waals surface area contributed by atoms with E-state index in [4.69, 9.17) is 4.74 Å². The van der Waals surface area contributed by atoms with Crippen LogP contribution in [0.25, 0.3) is 0 Å². The molecule has 0 fully saturated rings. The van der Waals surface area contributed by atoms with Gasteiger partial charge in [0.25, 0.3) is 0 Å². The van der Waals surface area contributed by atoms with Gasteiger partial charge in [0.05, 0.1) is 5.35 Å². The fourth-order valence-electron chi connectivity index (χ4n) is 4.31. The smallest absolute Gasteiger partial charge is 0.142 e. The molecule has 3 heteroatoms. The van der Waals surface area contributed by atoms with Gasteiger partial charge in [0, 0.05) is 7.11 Å². The van der Waals surface area contributed by atoms with Crippen molar-refractivity contribution in [2.45, 2.75) is 25.0 Å². The summed E-state index contributed by atoms with van der Waals surface area (Å²) in [4.78, 5) is 0. The number of methoxy groups -OCH3 is 1. The quantitative estimate of drug-likeness (QED) is 0.598. The third kappa shape index (κ3) is 3.35. The molecule has 0 bridgehead atoms. The second-order valence-corrected chi connectivity index (χ2v) is 16.8. The second kappa shape index (κ2) is 7.74. The SMILES string of the molecule is COC([Si](C)(C)c1ccccc1)[Si](C)(c1ccccc1)c1ccccc1. The van der Waals surface area contributed by atoms with Crippen LogP contribution in [0.1, 0.15) is 0 Å². The Bertz CT molecular complexity index is 777. The summed E-state index contributed by atoms with van der Waals surface area (Å²) in [5, 5.41) is 4.57. The Hall–Kier alpha value is -1.95. The third-order valence-electron chi connectivity index (χ3n) is 5.68. The molecule has 3 rings (SSSR count). The summed E-state index contributed by atoms with van der Waals surface area (Å²) in [5.41, 5.74) is 0. The lowest BCUT2D eigenvalue weighted by molar-refractivity contribution is 0.210. The second-order valence-electron chi connectivity index (χ2n) is 7.64. The summed E-state index contributed by atoms with van der Waals surface area (Å²) in [6.45, 7) is 7.38. The van der Waals surface area contributed by atoms with E-state index in [1.807, 2.05) is 7.11 Å². The first-order chi connectivity index (χ1) is 12.5. The summed E-state index contributed by atoms with van der Waals surface area (Å²) in [6, 6.07) is 33.0. The number of benzene rings is 3. The fraction of sp³-hybridized carbons (Fsp3) is 0.217. The van der Waals surface area contributed by atoms with Crippen LogP contribution in [0.5, 0.6) is 0 Å². The monoisotopic (exact) mass is 376 g/mol. The van der Waals surface area contributed by atoms with Crippen LogP contribution in [0.4, 0.5) is 0 Å². The van der Waals surface area contributed by atoms with Gasteiger partial charge in [0.2, 0.25) is 0 Å². The molecular weight excluding hydrogens is 348 g/mol. The summed E-state index contributed by atoms with van der Waals surface area (Å²) in [6.07, 6.45) is 0. The van der Waals surface area contributed by atoms with E-state index in [1.54, 1.807) is 0 Å². The fourth-order valence-corrected chi connectivity index (χ4v) is 16.7. The molecule has 0 saturated heterocycles. The van der Waals surface area contributed by atoms with Gasteiger partial charge >= 0.3 is 0 Å². The Labute approximate surface area is 159 Å². The van der Waals surface area contributed by atoms with Gasteiger partial charge in [0.1, 0.15) is 16.1 Å². The van der Waals surface area contributed by atoms with Crippen molar-refractivity contribution >= 4 is 31.7 Å². The van der Waals surface area contributed by atoms with E-state index < -0.39 is 16.1 Å². The zero-order valence-electron chi connectivity index (χ0n) is 16.1. The number of hydrogen-bond acceptors (Lipinski definition) is 1. The molecule has 3 aromatic rings. The van der Waals surface area contributed by atoms with Crippen LogP contribution in [-0.4, -0.2) is 28.6 Å². The molecule has 26 heavy (non-hydrogen) atoms. The molecule has 0 aliphatic carbocycles. The van der Waals surface area contributed by atoms with Crippen molar-refractivity contribution in [3.63, 3.8) is 0 Å². The largest absolute Gasteiger partial charge is 0.387 e. The molecule has 1 atom stereocenters. The minimum Gasteiger partial charge on any atom is -0.387 e. The number of hydrogen-bond donors (Lipinski definition) is 0. The lowest BCUT2D eigenvalue weighted by Crippen LogP contribution is -2.74. The molecule has 0 N–H and O–H groups in total. The molecule has 1 nitrogen and oxygen atoms in total. The highest BCUT2D eigenvalue weighted by Gasteiger charge is 2.49. The Morgan fingerprint density at radius 2 is 0.923 bits per heavy atom. The van der Waals surface area contributed by atoms with Gasteiger partial charge in [-0.25, -0.2) is 0 Å². The van der Waals surface area contributed by atoms with Crippen LogP contribution in [-0.2, 0) is 4.74 Å². The van der Waals surface area contributed by atoms with E-state index in [2.05, 4.69) is 111 Å². The minimum absolute atomic E-state index is 0.238. The van der Waals surface area contributed by atoms with Crippen LogP contribution in [0.2, 0.25) is 19.6 Å². The maximum absolute atomic E-state index is 6.37. The van der Waals surface area contributed by atoms with Crippen LogP contribution < -0.4 is 15.6 Å². The molecule has 0 amide bonds. The van der Waals surface area contributed by atoms with Crippen molar-refractivity contribution in [2.75, 3.05) is 7.11 Å². The van der Waals surface area contributed by atoms with Crippen molar-refractivity contribution in [1.29, 1.82) is 0 Å². The van der Waals surface area contributed by atoms with Crippen molar-refractivity contribution < 1.29 is 4.74 Å². The van der Waals surface area contributed by atoms with Crippen molar-refractivity contribution in [3.05, 3.63) is 91.0 Å². The van der Waals surface area contributed by atoms with Crippen LogP contribution in [0, 0.1) is 0 Å².